The molecule has 0 spiro atoms. The van der Waals surface area contributed by atoms with Gasteiger partial charge in [-0.1, -0.05) is 17.3 Å². The molecule has 174 valence electrons. The molecule has 3 aromatic rings. The van der Waals surface area contributed by atoms with Crippen molar-refractivity contribution in [1.82, 2.24) is 29.9 Å². The molecule has 5 heterocycles. The van der Waals surface area contributed by atoms with Crippen LogP contribution in [0, 0.1) is 0 Å². The summed E-state index contributed by atoms with van der Waals surface area (Å²) in [6.07, 6.45) is 6.33. The average Bonchev–Trinajstić information content (AvgIpc) is 3.37. The SMILES string of the molecule is CC1(C)OC2CCOC(Cn3cc(CN(Cc4ccccn4)Cc4ccccn4)nn3)C2O1. The quantitative estimate of drug-likeness (QED) is 0.518. The molecule has 9 nitrogen and oxygen atoms in total. The van der Waals surface area contributed by atoms with Gasteiger partial charge in [0.05, 0.1) is 29.7 Å². The van der Waals surface area contributed by atoms with Gasteiger partial charge in [0.15, 0.2) is 5.79 Å². The fraction of sp³-hybridized carbons (Fsp3) is 0.500. The predicted octanol–water partition coefficient (Wildman–Crippen LogP) is 2.58. The van der Waals surface area contributed by atoms with Gasteiger partial charge in [0.1, 0.15) is 12.2 Å². The molecule has 2 aliphatic heterocycles. The zero-order valence-corrected chi connectivity index (χ0v) is 19.1. The van der Waals surface area contributed by atoms with Crippen molar-refractivity contribution in [2.75, 3.05) is 6.61 Å². The maximum atomic E-state index is 6.11. The number of pyridine rings is 2. The first-order chi connectivity index (χ1) is 16.0. The lowest BCUT2D eigenvalue weighted by atomic mass is 10.0. The molecule has 0 bridgehead atoms. The first kappa shape index (κ1) is 22.1. The molecule has 3 atom stereocenters. The van der Waals surface area contributed by atoms with E-state index < -0.39 is 5.79 Å². The number of aromatic nitrogens is 5. The van der Waals surface area contributed by atoms with Crippen molar-refractivity contribution in [2.24, 2.45) is 0 Å². The summed E-state index contributed by atoms with van der Waals surface area (Å²) < 4.78 is 20.0. The van der Waals surface area contributed by atoms with Crippen LogP contribution in [-0.2, 0) is 40.4 Å². The molecule has 2 saturated heterocycles. The van der Waals surface area contributed by atoms with E-state index >= 15 is 0 Å². The molecule has 0 aromatic carbocycles. The van der Waals surface area contributed by atoms with E-state index in [0.717, 1.165) is 23.5 Å². The molecule has 3 unspecified atom stereocenters. The summed E-state index contributed by atoms with van der Waals surface area (Å²) in [7, 11) is 0. The monoisotopic (exact) mass is 450 g/mol. The minimum atomic E-state index is -0.577. The van der Waals surface area contributed by atoms with E-state index in [4.69, 9.17) is 14.2 Å². The molecule has 0 aliphatic carbocycles. The fourth-order valence-corrected chi connectivity index (χ4v) is 4.51. The summed E-state index contributed by atoms with van der Waals surface area (Å²) >= 11 is 0. The van der Waals surface area contributed by atoms with Crippen LogP contribution in [0.1, 0.15) is 37.4 Å². The number of nitrogens with zero attached hydrogens (tertiary/aromatic N) is 6. The van der Waals surface area contributed by atoms with Crippen molar-refractivity contribution in [2.45, 2.75) is 70.5 Å². The van der Waals surface area contributed by atoms with Gasteiger partial charge in [-0.2, -0.15) is 0 Å². The van der Waals surface area contributed by atoms with Crippen LogP contribution in [0.25, 0.3) is 0 Å². The van der Waals surface area contributed by atoms with Gasteiger partial charge in [-0.05, 0) is 44.5 Å². The molecule has 33 heavy (non-hydrogen) atoms. The number of fused-ring (bicyclic) bond motifs is 1. The Morgan fingerprint density at radius 2 is 1.67 bits per heavy atom. The topological polar surface area (TPSA) is 87.4 Å². The summed E-state index contributed by atoms with van der Waals surface area (Å²) in [4.78, 5) is 11.2. The molecule has 5 rings (SSSR count). The van der Waals surface area contributed by atoms with Crippen molar-refractivity contribution in [3.8, 4) is 0 Å². The van der Waals surface area contributed by atoms with Crippen LogP contribution in [0.2, 0.25) is 0 Å². The van der Waals surface area contributed by atoms with Crippen LogP contribution in [-0.4, -0.2) is 60.6 Å². The highest BCUT2D eigenvalue weighted by molar-refractivity contribution is 5.07. The highest BCUT2D eigenvalue weighted by Crippen LogP contribution is 2.35. The van der Waals surface area contributed by atoms with Crippen LogP contribution in [0.3, 0.4) is 0 Å². The average molecular weight is 451 g/mol. The van der Waals surface area contributed by atoms with E-state index in [2.05, 4.69) is 25.2 Å². The van der Waals surface area contributed by atoms with E-state index in [1.807, 2.05) is 73.5 Å². The third-order valence-electron chi connectivity index (χ3n) is 5.88. The minimum Gasteiger partial charge on any atom is -0.373 e. The Morgan fingerprint density at radius 3 is 2.33 bits per heavy atom. The highest BCUT2D eigenvalue weighted by atomic mass is 16.8. The molecule has 2 fully saturated rings. The fourth-order valence-electron chi connectivity index (χ4n) is 4.51. The van der Waals surface area contributed by atoms with Gasteiger partial charge in [-0.3, -0.25) is 14.9 Å². The van der Waals surface area contributed by atoms with Crippen molar-refractivity contribution in [1.29, 1.82) is 0 Å². The van der Waals surface area contributed by atoms with Crippen molar-refractivity contribution in [3.63, 3.8) is 0 Å². The van der Waals surface area contributed by atoms with Crippen molar-refractivity contribution in [3.05, 3.63) is 72.1 Å². The standard InChI is InChI=1S/C24H30N6O3/c1-24(2)32-21-9-12-31-22(23(21)33-24)17-30-16-20(27-28-30)15-29(13-18-7-3-5-10-25-18)14-19-8-4-6-11-26-19/h3-8,10-11,16,21-23H,9,12-15,17H2,1-2H3. The molecular weight excluding hydrogens is 420 g/mol. The Bertz CT molecular complexity index is 987. The molecule has 2 aliphatic rings. The van der Waals surface area contributed by atoms with Crippen molar-refractivity contribution < 1.29 is 14.2 Å². The number of hydrogen-bond acceptors (Lipinski definition) is 8. The normalized spacial score (nSPS) is 24.2. The maximum Gasteiger partial charge on any atom is 0.163 e. The molecule has 3 aromatic heterocycles. The van der Waals surface area contributed by atoms with E-state index in [1.54, 1.807) is 0 Å². The molecule has 0 saturated carbocycles. The van der Waals surface area contributed by atoms with Gasteiger partial charge in [-0.15, -0.1) is 5.10 Å². The maximum absolute atomic E-state index is 6.11. The smallest absolute Gasteiger partial charge is 0.163 e. The Hall–Kier alpha value is -2.72. The van der Waals surface area contributed by atoms with Gasteiger partial charge >= 0.3 is 0 Å². The third kappa shape index (κ3) is 5.62. The highest BCUT2D eigenvalue weighted by Gasteiger charge is 2.47. The third-order valence-corrected chi connectivity index (χ3v) is 5.88. The zero-order chi connectivity index (χ0) is 22.7. The van der Waals surface area contributed by atoms with E-state index in [-0.39, 0.29) is 18.3 Å². The Morgan fingerprint density at radius 1 is 0.970 bits per heavy atom. The van der Waals surface area contributed by atoms with Crippen LogP contribution in [0.15, 0.2) is 55.0 Å². The first-order valence-corrected chi connectivity index (χ1v) is 11.4. The lowest BCUT2D eigenvalue weighted by Crippen LogP contribution is -2.45. The summed E-state index contributed by atoms with van der Waals surface area (Å²) in [5, 5.41) is 8.78. The van der Waals surface area contributed by atoms with Crippen molar-refractivity contribution >= 4 is 0 Å². The second-order valence-electron chi connectivity index (χ2n) is 9.06. The molecule has 0 amide bonds. The predicted molar refractivity (Wildman–Crippen MR) is 120 cm³/mol. The lowest BCUT2D eigenvalue weighted by molar-refractivity contribution is -0.155. The summed E-state index contributed by atoms with van der Waals surface area (Å²) in [5.74, 6) is -0.577. The molecule has 9 heteroatoms. The van der Waals surface area contributed by atoms with Gasteiger partial charge in [0, 0.05) is 44.8 Å². The number of hydrogen-bond donors (Lipinski definition) is 0. The molecule has 0 radical (unpaired) electrons. The van der Waals surface area contributed by atoms with Gasteiger partial charge in [-0.25, -0.2) is 4.68 Å². The van der Waals surface area contributed by atoms with E-state index in [9.17, 15) is 0 Å². The van der Waals surface area contributed by atoms with Gasteiger partial charge in [0.2, 0.25) is 0 Å². The summed E-state index contributed by atoms with van der Waals surface area (Å²) in [6, 6.07) is 11.9. The number of ether oxygens (including phenoxy) is 3. The van der Waals surface area contributed by atoms with Crippen LogP contribution < -0.4 is 0 Å². The van der Waals surface area contributed by atoms with Crippen LogP contribution in [0.5, 0.6) is 0 Å². The second kappa shape index (κ2) is 9.64. The minimum absolute atomic E-state index is 0.0639. The molecule has 0 N–H and O–H groups in total. The van der Waals surface area contributed by atoms with Gasteiger partial charge < -0.3 is 14.2 Å². The van der Waals surface area contributed by atoms with E-state index in [0.29, 0.717) is 32.8 Å². The van der Waals surface area contributed by atoms with Gasteiger partial charge in [0.25, 0.3) is 0 Å². The second-order valence-corrected chi connectivity index (χ2v) is 9.06. The number of rotatable bonds is 8. The summed E-state index contributed by atoms with van der Waals surface area (Å²) in [5.41, 5.74) is 2.89. The summed E-state index contributed by atoms with van der Waals surface area (Å²) in [6.45, 7) is 7.17. The Labute approximate surface area is 193 Å². The Kier molecular flexibility index (Phi) is 6.45. The van der Waals surface area contributed by atoms with Crippen LogP contribution in [0.4, 0.5) is 0 Å². The largest absolute Gasteiger partial charge is 0.373 e. The zero-order valence-electron chi connectivity index (χ0n) is 19.1. The van der Waals surface area contributed by atoms with E-state index in [1.165, 1.54) is 0 Å². The lowest BCUT2D eigenvalue weighted by Gasteiger charge is -2.31. The first-order valence-electron chi connectivity index (χ1n) is 11.4. The molecular formula is C24H30N6O3. The Balaban J connectivity index is 1.26. The van der Waals surface area contributed by atoms with Crippen LogP contribution >= 0.6 is 0 Å².